The van der Waals surface area contributed by atoms with Gasteiger partial charge in [-0.2, -0.15) is 0 Å². The molecule has 236 valence electrons. The van der Waals surface area contributed by atoms with Gasteiger partial charge in [-0.15, -0.1) is 11.3 Å². The highest BCUT2D eigenvalue weighted by molar-refractivity contribution is 7.26. The summed E-state index contributed by atoms with van der Waals surface area (Å²) < 4.78 is 2.62. The van der Waals surface area contributed by atoms with Gasteiger partial charge in [-0.1, -0.05) is 176 Å². The van der Waals surface area contributed by atoms with Crippen LogP contribution in [-0.4, -0.2) is 23.0 Å². The largest absolute Gasteiger partial charge is 0.208 e. The van der Waals surface area contributed by atoms with E-state index in [1.54, 1.807) is 0 Å². The molecule has 0 bridgehead atoms. The Bertz CT molecular complexity index is 2490. The number of fused-ring (bicyclic) bond motifs is 3. The molecule has 2 heterocycles. The summed E-state index contributed by atoms with van der Waals surface area (Å²) in [6.45, 7) is 0. The quantitative estimate of drug-likeness (QED) is 0.126. The van der Waals surface area contributed by atoms with Crippen molar-refractivity contribution in [2.75, 3.05) is 0 Å². The van der Waals surface area contributed by atoms with Crippen LogP contribution < -0.4 is 20.7 Å². The van der Waals surface area contributed by atoms with Gasteiger partial charge in [0.15, 0.2) is 25.5 Å². The molecule has 2 aromatic heterocycles. The first-order chi connectivity index (χ1) is 24.8. The lowest BCUT2D eigenvalue weighted by Gasteiger charge is -2.34. The van der Waals surface area contributed by atoms with Gasteiger partial charge in [-0.25, -0.2) is 15.0 Å². The van der Waals surface area contributed by atoms with Crippen molar-refractivity contribution in [2.24, 2.45) is 0 Å². The first-order valence-corrected chi connectivity index (χ1v) is 19.6. The molecule has 0 radical (unpaired) electrons. The Labute approximate surface area is 296 Å². The molecule has 9 aromatic rings. The molecule has 50 heavy (non-hydrogen) atoms. The van der Waals surface area contributed by atoms with Crippen molar-refractivity contribution in [3.05, 3.63) is 188 Å². The Morgan fingerprint density at radius 2 is 0.760 bits per heavy atom. The first kappa shape index (κ1) is 30.1. The van der Waals surface area contributed by atoms with E-state index >= 15 is 0 Å². The zero-order chi connectivity index (χ0) is 33.3. The van der Waals surface area contributed by atoms with Crippen LogP contribution in [0.5, 0.6) is 0 Å². The van der Waals surface area contributed by atoms with Gasteiger partial charge in [0.1, 0.15) is 0 Å². The smallest absolute Gasteiger partial charge is 0.179 e. The fraction of sp³-hybridized carbons (Fsp3) is 0. The number of rotatable bonds is 7. The Hall–Kier alpha value is -6.01. The summed E-state index contributed by atoms with van der Waals surface area (Å²) in [4.78, 5) is 15.1. The van der Waals surface area contributed by atoms with Gasteiger partial charge < -0.3 is 0 Å². The Balaban J connectivity index is 1.31. The lowest BCUT2D eigenvalue weighted by Crippen LogP contribution is -2.74. The van der Waals surface area contributed by atoms with E-state index in [-0.39, 0.29) is 0 Å². The van der Waals surface area contributed by atoms with Crippen molar-refractivity contribution in [2.45, 2.75) is 0 Å². The van der Waals surface area contributed by atoms with Crippen LogP contribution >= 0.6 is 11.3 Å². The summed E-state index contributed by atoms with van der Waals surface area (Å²) >= 11 is 1.87. The average molecular weight is 674 g/mol. The SMILES string of the molecule is c1ccc(-c2nc(-c3ccccc3)nc(-c3cccc([Si](c4ccccc4)(c4ccccc4)c4ccc5c(c4)sc4ccccc45)c3)n2)cc1. The molecule has 0 saturated heterocycles. The maximum atomic E-state index is 5.10. The summed E-state index contributed by atoms with van der Waals surface area (Å²) in [5.74, 6) is 1.97. The predicted octanol–water partition coefficient (Wildman–Crippen LogP) is 8.62. The van der Waals surface area contributed by atoms with Crippen LogP contribution in [0.3, 0.4) is 0 Å². The number of hydrogen-bond donors (Lipinski definition) is 0. The molecule has 3 nitrogen and oxygen atoms in total. The minimum Gasteiger partial charge on any atom is -0.208 e. The van der Waals surface area contributed by atoms with Crippen LogP contribution in [0, 0.1) is 0 Å². The number of benzene rings is 7. The second-order valence-electron chi connectivity index (χ2n) is 12.4. The number of aromatic nitrogens is 3. The van der Waals surface area contributed by atoms with Gasteiger partial charge in [0.2, 0.25) is 0 Å². The third-order valence-electron chi connectivity index (χ3n) is 9.48. The molecule has 0 N–H and O–H groups in total. The normalized spacial score (nSPS) is 11.6. The van der Waals surface area contributed by atoms with Crippen molar-refractivity contribution >= 4 is 60.3 Å². The first-order valence-electron chi connectivity index (χ1n) is 16.8. The molecule has 0 fully saturated rings. The number of thiophene rings is 1. The Kier molecular flexibility index (Phi) is 7.69. The van der Waals surface area contributed by atoms with E-state index < -0.39 is 8.07 Å². The lowest BCUT2D eigenvalue weighted by molar-refractivity contribution is 1.07. The van der Waals surface area contributed by atoms with Crippen molar-refractivity contribution < 1.29 is 0 Å². The topological polar surface area (TPSA) is 38.7 Å². The highest BCUT2D eigenvalue weighted by Crippen LogP contribution is 2.33. The highest BCUT2D eigenvalue weighted by atomic mass is 32.1. The molecule has 0 aliphatic rings. The van der Waals surface area contributed by atoms with Crippen molar-refractivity contribution in [3.63, 3.8) is 0 Å². The van der Waals surface area contributed by atoms with Gasteiger partial charge >= 0.3 is 0 Å². The molecule has 0 aliphatic heterocycles. The maximum Gasteiger partial charge on any atom is 0.179 e. The minimum absolute atomic E-state index is 0.656. The monoisotopic (exact) mass is 673 g/mol. The van der Waals surface area contributed by atoms with Gasteiger partial charge in [0, 0.05) is 36.9 Å². The van der Waals surface area contributed by atoms with Crippen LogP contribution in [0.4, 0.5) is 0 Å². The zero-order valence-corrected chi connectivity index (χ0v) is 29.0. The molecule has 0 spiro atoms. The molecular weight excluding hydrogens is 643 g/mol. The molecule has 0 atom stereocenters. The van der Waals surface area contributed by atoms with Crippen molar-refractivity contribution in [1.82, 2.24) is 15.0 Å². The van der Waals surface area contributed by atoms with E-state index in [1.807, 2.05) is 47.7 Å². The molecule has 0 amide bonds. The van der Waals surface area contributed by atoms with Gasteiger partial charge in [0.05, 0.1) is 0 Å². The molecule has 5 heteroatoms. The van der Waals surface area contributed by atoms with Crippen LogP contribution in [0.1, 0.15) is 0 Å². The Morgan fingerprint density at radius 3 is 1.36 bits per heavy atom. The fourth-order valence-electron chi connectivity index (χ4n) is 7.16. The molecule has 9 rings (SSSR count). The van der Waals surface area contributed by atoms with E-state index in [0.29, 0.717) is 17.5 Å². The highest BCUT2D eigenvalue weighted by Gasteiger charge is 2.42. The van der Waals surface area contributed by atoms with E-state index in [4.69, 9.17) is 15.0 Å². The lowest BCUT2D eigenvalue weighted by atomic mass is 10.1. The number of hydrogen-bond acceptors (Lipinski definition) is 4. The van der Waals surface area contributed by atoms with E-state index in [0.717, 1.165) is 16.7 Å². The molecule has 0 aliphatic carbocycles. The summed E-state index contributed by atoms with van der Waals surface area (Å²) in [5.41, 5.74) is 2.88. The van der Waals surface area contributed by atoms with Gasteiger partial charge in [-0.3, -0.25) is 0 Å². The maximum absolute atomic E-state index is 5.10. The van der Waals surface area contributed by atoms with E-state index in [1.165, 1.54) is 40.9 Å². The van der Waals surface area contributed by atoms with E-state index in [9.17, 15) is 0 Å². The zero-order valence-electron chi connectivity index (χ0n) is 27.1. The average Bonchev–Trinajstić information content (AvgIpc) is 3.58. The van der Waals surface area contributed by atoms with Crippen LogP contribution in [0.25, 0.3) is 54.3 Å². The van der Waals surface area contributed by atoms with Gasteiger partial charge in [-0.05, 0) is 32.9 Å². The second kappa shape index (κ2) is 12.8. The van der Waals surface area contributed by atoms with Crippen LogP contribution in [-0.2, 0) is 0 Å². The molecule has 0 unspecified atom stereocenters. The third-order valence-corrected chi connectivity index (χ3v) is 15.4. The van der Waals surface area contributed by atoms with Crippen LogP contribution in [0.2, 0.25) is 0 Å². The third kappa shape index (κ3) is 5.24. The summed E-state index contributed by atoms with van der Waals surface area (Å²) in [6, 6.07) is 67.3. The molecular formula is C45H31N3SSi. The fourth-order valence-corrected chi connectivity index (χ4v) is 13.2. The van der Waals surface area contributed by atoms with Crippen molar-refractivity contribution in [1.29, 1.82) is 0 Å². The Morgan fingerprint density at radius 1 is 0.320 bits per heavy atom. The number of nitrogens with zero attached hydrogens (tertiary/aromatic N) is 3. The predicted molar refractivity (Wildman–Crippen MR) is 213 cm³/mol. The van der Waals surface area contributed by atoms with E-state index in [2.05, 4.69) is 152 Å². The van der Waals surface area contributed by atoms with Crippen LogP contribution in [0.15, 0.2) is 188 Å². The minimum atomic E-state index is -2.85. The summed E-state index contributed by atoms with van der Waals surface area (Å²) in [5, 5.41) is 7.89. The second-order valence-corrected chi connectivity index (χ2v) is 17.3. The standard InChI is InChI=1S/C45H31N3SSi/c1-5-16-32(17-6-1)43-46-44(33-18-7-2-8-19-33)48-45(47-43)34-20-15-25-37(30-34)50(35-21-9-3-10-22-35,36-23-11-4-12-24-36)38-28-29-40-39-26-13-14-27-41(39)49-42(40)31-38/h1-31H. The summed E-state index contributed by atoms with van der Waals surface area (Å²) in [7, 11) is -2.85. The van der Waals surface area contributed by atoms with Crippen molar-refractivity contribution in [3.8, 4) is 34.2 Å². The van der Waals surface area contributed by atoms with Gasteiger partial charge in [0.25, 0.3) is 0 Å². The molecule has 7 aromatic carbocycles. The molecule has 0 saturated carbocycles. The summed E-state index contributed by atoms with van der Waals surface area (Å²) in [6.07, 6.45) is 0.